The van der Waals surface area contributed by atoms with Gasteiger partial charge >= 0.3 is 5.97 Å². The molecule has 0 amide bonds. The molecule has 1 aliphatic heterocycles. The molecule has 142 valence electrons. The molecule has 1 saturated heterocycles. The molecule has 2 N–H and O–H groups in total. The summed E-state index contributed by atoms with van der Waals surface area (Å²) in [7, 11) is 0. The molecule has 0 radical (unpaired) electrons. The van der Waals surface area contributed by atoms with E-state index < -0.39 is 11.6 Å². The Kier molecular flexibility index (Phi) is 4.67. The highest BCUT2D eigenvalue weighted by molar-refractivity contribution is 6.28. The third-order valence-corrected chi connectivity index (χ3v) is 4.92. The van der Waals surface area contributed by atoms with Crippen molar-refractivity contribution in [3.05, 3.63) is 53.4 Å². The third-order valence-electron chi connectivity index (χ3n) is 4.75. The molecule has 2 atom stereocenters. The van der Waals surface area contributed by atoms with Gasteiger partial charge in [0.1, 0.15) is 24.3 Å². The molecule has 1 fully saturated rings. The number of carbonyl (C=O) groups is 1. The lowest BCUT2D eigenvalue weighted by atomic mass is 10.0. The summed E-state index contributed by atoms with van der Waals surface area (Å²) in [4.78, 5) is 20.4. The largest absolute Gasteiger partial charge is 0.458 e. The van der Waals surface area contributed by atoms with Gasteiger partial charge in [0.05, 0.1) is 10.9 Å². The van der Waals surface area contributed by atoms with Gasteiger partial charge in [-0.1, -0.05) is 24.1 Å². The van der Waals surface area contributed by atoms with Gasteiger partial charge in [-0.3, -0.25) is 0 Å². The van der Waals surface area contributed by atoms with Crippen molar-refractivity contribution in [2.45, 2.75) is 24.7 Å². The molecular formula is C20H17ClN4O3. The first-order chi connectivity index (χ1) is 13.5. The van der Waals surface area contributed by atoms with Crippen LogP contribution in [0.4, 0.5) is 5.82 Å². The standard InChI is InChI=1S/C20H17ClN4O3/c1-2-20(12-27-18(26)13-6-4-3-5-7-13)10-8-15(28-20)25-11-9-14-16(22)23-19(21)24-17(14)25/h1,3-7,9,11,15H,8,10,12H2,(H2,22,23,24). The zero-order valence-electron chi connectivity index (χ0n) is 14.8. The van der Waals surface area contributed by atoms with Crippen molar-refractivity contribution in [2.24, 2.45) is 0 Å². The number of terminal acetylenes is 1. The van der Waals surface area contributed by atoms with Gasteiger partial charge < -0.3 is 19.8 Å². The molecule has 0 saturated carbocycles. The summed E-state index contributed by atoms with van der Waals surface area (Å²) in [5.74, 6) is 2.51. The van der Waals surface area contributed by atoms with Crippen LogP contribution in [-0.4, -0.2) is 32.7 Å². The Morgan fingerprint density at radius 3 is 2.93 bits per heavy atom. The second-order valence-electron chi connectivity index (χ2n) is 6.53. The molecule has 4 rings (SSSR count). The fourth-order valence-corrected chi connectivity index (χ4v) is 3.46. The molecule has 8 heteroatoms. The maximum atomic E-state index is 12.2. The van der Waals surface area contributed by atoms with Crippen LogP contribution in [0.5, 0.6) is 0 Å². The molecule has 28 heavy (non-hydrogen) atoms. The second-order valence-corrected chi connectivity index (χ2v) is 6.87. The number of esters is 1. The molecule has 0 spiro atoms. The molecule has 2 unspecified atom stereocenters. The van der Waals surface area contributed by atoms with Gasteiger partial charge in [0.15, 0.2) is 5.60 Å². The number of benzene rings is 1. The fraction of sp³-hybridized carbons (Fsp3) is 0.250. The van der Waals surface area contributed by atoms with Gasteiger partial charge in [0.2, 0.25) is 5.28 Å². The van der Waals surface area contributed by atoms with E-state index in [0.29, 0.717) is 35.3 Å². The Morgan fingerprint density at radius 2 is 2.18 bits per heavy atom. The van der Waals surface area contributed by atoms with Gasteiger partial charge in [-0.2, -0.15) is 4.98 Å². The van der Waals surface area contributed by atoms with E-state index in [4.69, 9.17) is 33.2 Å². The highest BCUT2D eigenvalue weighted by Crippen LogP contribution is 2.38. The number of anilines is 1. The topological polar surface area (TPSA) is 92.3 Å². The Hall–Kier alpha value is -3.08. The number of hydrogen-bond acceptors (Lipinski definition) is 6. The lowest BCUT2D eigenvalue weighted by molar-refractivity contribution is -0.0677. The van der Waals surface area contributed by atoms with Crippen LogP contribution in [0, 0.1) is 12.3 Å². The van der Waals surface area contributed by atoms with Crippen LogP contribution < -0.4 is 5.73 Å². The van der Waals surface area contributed by atoms with E-state index in [9.17, 15) is 4.79 Å². The minimum atomic E-state index is -1.01. The van der Waals surface area contributed by atoms with Crippen molar-refractivity contribution in [3.63, 3.8) is 0 Å². The number of nitrogens with two attached hydrogens (primary N) is 1. The van der Waals surface area contributed by atoms with Crippen LogP contribution in [-0.2, 0) is 9.47 Å². The van der Waals surface area contributed by atoms with Crippen molar-refractivity contribution >= 4 is 34.4 Å². The summed E-state index contributed by atoms with van der Waals surface area (Å²) in [6, 6.07) is 10.5. The SMILES string of the molecule is C#CC1(COC(=O)c2ccccc2)CCC(n2ccc3c(N)nc(Cl)nc32)O1. The first-order valence-corrected chi connectivity index (χ1v) is 9.06. The predicted octanol–water partition coefficient (Wildman–Crippen LogP) is 3.20. The van der Waals surface area contributed by atoms with E-state index in [1.807, 2.05) is 10.6 Å². The van der Waals surface area contributed by atoms with E-state index in [2.05, 4.69) is 15.9 Å². The van der Waals surface area contributed by atoms with Crippen molar-refractivity contribution in [1.29, 1.82) is 0 Å². The smallest absolute Gasteiger partial charge is 0.338 e. The Morgan fingerprint density at radius 1 is 1.39 bits per heavy atom. The number of halogens is 1. The fourth-order valence-electron chi connectivity index (χ4n) is 3.29. The maximum absolute atomic E-state index is 12.2. The van der Waals surface area contributed by atoms with Crippen molar-refractivity contribution in [1.82, 2.24) is 14.5 Å². The zero-order chi connectivity index (χ0) is 19.7. The molecule has 1 aromatic carbocycles. The van der Waals surface area contributed by atoms with Crippen molar-refractivity contribution in [2.75, 3.05) is 12.3 Å². The molecule has 1 aliphatic rings. The summed E-state index contributed by atoms with van der Waals surface area (Å²) in [6.45, 7) is -0.0369. The normalized spacial score (nSPS) is 21.5. The minimum Gasteiger partial charge on any atom is -0.458 e. The van der Waals surface area contributed by atoms with Gasteiger partial charge in [0.25, 0.3) is 0 Å². The van der Waals surface area contributed by atoms with E-state index >= 15 is 0 Å². The molecular weight excluding hydrogens is 380 g/mol. The average Bonchev–Trinajstić information content (AvgIpc) is 3.31. The molecule has 3 heterocycles. The predicted molar refractivity (Wildman–Crippen MR) is 105 cm³/mol. The average molecular weight is 397 g/mol. The van der Waals surface area contributed by atoms with Crippen LogP contribution in [0.25, 0.3) is 11.0 Å². The van der Waals surface area contributed by atoms with Gasteiger partial charge in [0, 0.05) is 6.20 Å². The molecule has 7 nitrogen and oxygen atoms in total. The molecule has 0 aliphatic carbocycles. The Balaban J connectivity index is 1.52. The number of nitrogen functional groups attached to an aromatic ring is 1. The van der Waals surface area contributed by atoms with E-state index in [0.717, 1.165) is 0 Å². The zero-order valence-corrected chi connectivity index (χ0v) is 15.6. The maximum Gasteiger partial charge on any atom is 0.338 e. The van der Waals surface area contributed by atoms with Crippen molar-refractivity contribution in [3.8, 4) is 12.3 Å². The first kappa shape index (κ1) is 18.3. The number of rotatable bonds is 4. The highest BCUT2D eigenvalue weighted by Gasteiger charge is 2.41. The van der Waals surface area contributed by atoms with Crippen LogP contribution in [0.3, 0.4) is 0 Å². The summed E-state index contributed by atoms with van der Waals surface area (Å²) in [5, 5.41) is 0.740. The van der Waals surface area contributed by atoms with Gasteiger partial charge in [-0.25, -0.2) is 9.78 Å². The summed E-state index contributed by atoms with van der Waals surface area (Å²) in [5.41, 5.74) is 5.93. The summed E-state index contributed by atoms with van der Waals surface area (Å²) in [6.07, 6.45) is 8.31. The van der Waals surface area contributed by atoms with Gasteiger partial charge in [-0.05, 0) is 42.6 Å². The summed E-state index contributed by atoms with van der Waals surface area (Å²) >= 11 is 5.94. The molecule has 2 aromatic heterocycles. The van der Waals surface area contributed by atoms with Crippen LogP contribution >= 0.6 is 11.6 Å². The second kappa shape index (κ2) is 7.15. The monoisotopic (exact) mass is 396 g/mol. The number of aromatic nitrogens is 3. The van der Waals surface area contributed by atoms with Crippen molar-refractivity contribution < 1.29 is 14.3 Å². The lowest BCUT2D eigenvalue weighted by Crippen LogP contribution is -2.34. The number of hydrogen-bond donors (Lipinski definition) is 1. The van der Waals surface area contributed by atoms with E-state index in [1.54, 1.807) is 36.5 Å². The Bertz CT molecular complexity index is 1080. The number of carbonyl (C=O) groups excluding carboxylic acids is 1. The van der Waals surface area contributed by atoms with Crippen LogP contribution in [0.2, 0.25) is 5.28 Å². The highest BCUT2D eigenvalue weighted by atomic mass is 35.5. The van der Waals surface area contributed by atoms with Gasteiger partial charge in [-0.15, -0.1) is 6.42 Å². The van der Waals surface area contributed by atoms with Crippen LogP contribution in [0.1, 0.15) is 29.4 Å². The number of ether oxygens (including phenoxy) is 2. The third kappa shape index (κ3) is 3.28. The Labute approximate surface area is 166 Å². The molecule has 0 bridgehead atoms. The molecule has 3 aromatic rings. The van der Waals surface area contributed by atoms with E-state index in [-0.39, 0.29) is 18.1 Å². The summed E-state index contributed by atoms with van der Waals surface area (Å²) < 4.78 is 13.4. The number of nitrogens with zero attached hydrogens (tertiary/aromatic N) is 3. The van der Waals surface area contributed by atoms with Crippen LogP contribution in [0.15, 0.2) is 42.6 Å². The minimum absolute atomic E-state index is 0.0369. The first-order valence-electron chi connectivity index (χ1n) is 8.69. The lowest BCUT2D eigenvalue weighted by Gasteiger charge is -2.24. The van der Waals surface area contributed by atoms with E-state index in [1.165, 1.54) is 0 Å². The number of fused-ring (bicyclic) bond motifs is 1. The quantitative estimate of drug-likeness (QED) is 0.413.